The first kappa shape index (κ1) is 14.4. The molecule has 108 valence electrons. The largest absolute Gasteiger partial charge is 0.508 e. The molecule has 0 radical (unpaired) electrons. The first-order valence-electron chi connectivity index (χ1n) is 6.89. The minimum absolute atomic E-state index is 0.0176. The molecular weight excluding hydrogens is 256 g/mol. The number of piperidine rings is 1. The second kappa shape index (κ2) is 6.41. The predicted molar refractivity (Wildman–Crippen MR) is 74.9 cm³/mol. The van der Waals surface area contributed by atoms with E-state index in [1.807, 2.05) is 0 Å². The lowest BCUT2D eigenvalue weighted by Crippen LogP contribution is -2.40. The Kier molecular flexibility index (Phi) is 4.61. The van der Waals surface area contributed by atoms with Crippen LogP contribution in [0.3, 0.4) is 0 Å². The summed E-state index contributed by atoms with van der Waals surface area (Å²) in [6.45, 7) is 1.31. The van der Waals surface area contributed by atoms with E-state index in [1.54, 1.807) is 29.2 Å². The molecule has 20 heavy (non-hydrogen) atoms. The Morgan fingerprint density at radius 3 is 2.50 bits per heavy atom. The first-order valence-corrected chi connectivity index (χ1v) is 6.89. The Bertz CT molecular complexity index is 494. The zero-order valence-electron chi connectivity index (χ0n) is 11.4. The Balaban J connectivity index is 1.86. The minimum Gasteiger partial charge on any atom is -0.508 e. The molecule has 1 aromatic rings. The standard InChI is InChI=1S/C15H20N2O3/c16-14(19)9-11-5-7-17(8-6-11)15(20)10-12-3-1-2-4-13(12)18/h1-4,11,18H,5-10H2,(H2,16,19). The number of aromatic hydroxyl groups is 1. The second-order valence-electron chi connectivity index (χ2n) is 5.30. The molecule has 1 fully saturated rings. The predicted octanol–water partition coefficient (Wildman–Crippen LogP) is 1.05. The highest BCUT2D eigenvalue weighted by Gasteiger charge is 2.24. The summed E-state index contributed by atoms with van der Waals surface area (Å²) in [5, 5.41) is 9.68. The van der Waals surface area contributed by atoms with Crippen molar-refractivity contribution in [2.45, 2.75) is 25.7 Å². The number of rotatable bonds is 4. The van der Waals surface area contributed by atoms with Gasteiger partial charge in [-0.25, -0.2) is 0 Å². The van der Waals surface area contributed by atoms with Crippen LogP contribution in [0.2, 0.25) is 0 Å². The van der Waals surface area contributed by atoms with Gasteiger partial charge < -0.3 is 15.7 Å². The lowest BCUT2D eigenvalue weighted by Gasteiger charge is -2.31. The Morgan fingerprint density at radius 1 is 1.25 bits per heavy atom. The molecule has 0 bridgehead atoms. The molecule has 1 saturated heterocycles. The number of amides is 2. The lowest BCUT2D eigenvalue weighted by molar-refractivity contribution is -0.132. The molecule has 0 unspecified atom stereocenters. The fraction of sp³-hybridized carbons (Fsp3) is 0.467. The third-order valence-corrected chi connectivity index (χ3v) is 3.79. The van der Waals surface area contributed by atoms with Crippen LogP contribution in [-0.2, 0) is 16.0 Å². The van der Waals surface area contributed by atoms with Gasteiger partial charge in [0.15, 0.2) is 0 Å². The number of primary amides is 1. The fourth-order valence-corrected chi connectivity index (χ4v) is 2.61. The molecule has 1 heterocycles. The summed E-state index contributed by atoms with van der Waals surface area (Å²) in [7, 11) is 0. The van der Waals surface area contributed by atoms with E-state index in [4.69, 9.17) is 5.73 Å². The van der Waals surface area contributed by atoms with Crippen LogP contribution < -0.4 is 5.73 Å². The smallest absolute Gasteiger partial charge is 0.227 e. The van der Waals surface area contributed by atoms with Crippen LogP contribution in [0.25, 0.3) is 0 Å². The summed E-state index contributed by atoms with van der Waals surface area (Å²) in [5.41, 5.74) is 5.84. The number of carbonyl (C=O) groups is 2. The van der Waals surface area contributed by atoms with Crippen molar-refractivity contribution in [3.63, 3.8) is 0 Å². The van der Waals surface area contributed by atoms with Crippen molar-refractivity contribution in [3.8, 4) is 5.75 Å². The number of para-hydroxylation sites is 1. The van der Waals surface area contributed by atoms with Crippen LogP contribution in [0.15, 0.2) is 24.3 Å². The Morgan fingerprint density at radius 2 is 1.90 bits per heavy atom. The molecular formula is C15H20N2O3. The molecule has 3 N–H and O–H groups in total. The maximum absolute atomic E-state index is 12.2. The van der Waals surface area contributed by atoms with Gasteiger partial charge in [-0.3, -0.25) is 9.59 Å². The maximum atomic E-state index is 12.2. The van der Waals surface area contributed by atoms with Crippen LogP contribution in [0.1, 0.15) is 24.8 Å². The van der Waals surface area contributed by atoms with E-state index in [9.17, 15) is 14.7 Å². The summed E-state index contributed by atoms with van der Waals surface area (Å²) >= 11 is 0. The van der Waals surface area contributed by atoms with E-state index in [2.05, 4.69) is 0 Å². The summed E-state index contributed by atoms with van der Waals surface area (Å²) in [5.74, 6) is 0.194. The van der Waals surface area contributed by atoms with E-state index < -0.39 is 0 Å². The van der Waals surface area contributed by atoms with Crippen molar-refractivity contribution in [1.29, 1.82) is 0 Å². The number of benzene rings is 1. The second-order valence-corrected chi connectivity index (χ2v) is 5.30. The van der Waals surface area contributed by atoms with Crippen molar-refractivity contribution in [1.82, 2.24) is 4.90 Å². The molecule has 2 rings (SSSR count). The van der Waals surface area contributed by atoms with Crippen molar-refractivity contribution in [2.24, 2.45) is 11.7 Å². The van der Waals surface area contributed by atoms with E-state index in [-0.39, 0.29) is 24.0 Å². The average Bonchev–Trinajstić information content (AvgIpc) is 2.41. The quantitative estimate of drug-likeness (QED) is 0.862. The van der Waals surface area contributed by atoms with Gasteiger partial charge in [-0.1, -0.05) is 18.2 Å². The molecule has 0 spiro atoms. The summed E-state index contributed by atoms with van der Waals surface area (Å²) in [6, 6.07) is 6.88. The topological polar surface area (TPSA) is 83.6 Å². The third-order valence-electron chi connectivity index (χ3n) is 3.79. The van der Waals surface area contributed by atoms with Gasteiger partial charge in [0.2, 0.25) is 11.8 Å². The zero-order chi connectivity index (χ0) is 14.5. The SMILES string of the molecule is NC(=O)CC1CCN(C(=O)Cc2ccccc2O)CC1. The van der Waals surface area contributed by atoms with Crippen molar-refractivity contribution in [3.05, 3.63) is 29.8 Å². The van der Waals surface area contributed by atoms with E-state index in [0.717, 1.165) is 12.8 Å². The summed E-state index contributed by atoms with van der Waals surface area (Å²) in [6.07, 6.45) is 2.25. The number of likely N-dealkylation sites (tertiary alicyclic amines) is 1. The number of carbonyl (C=O) groups excluding carboxylic acids is 2. The first-order chi connectivity index (χ1) is 9.56. The highest BCUT2D eigenvalue weighted by molar-refractivity contribution is 5.79. The molecule has 5 nitrogen and oxygen atoms in total. The van der Waals surface area contributed by atoms with Crippen LogP contribution in [0.4, 0.5) is 0 Å². The average molecular weight is 276 g/mol. The van der Waals surface area contributed by atoms with Crippen molar-refractivity contribution < 1.29 is 14.7 Å². The number of phenols is 1. The number of hydrogen-bond donors (Lipinski definition) is 2. The molecule has 0 atom stereocenters. The lowest BCUT2D eigenvalue weighted by atomic mass is 9.93. The number of hydrogen-bond acceptors (Lipinski definition) is 3. The maximum Gasteiger partial charge on any atom is 0.227 e. The van der Waals surface area contributed by atoms with Gasteiger partial charge in [-0.15, -0.1) is 0 Å². The number of nitrogens with zero attached hydrogens (tertiary/aromatic N) is 1. The molecule has 2 amide bonds. The number of phenolic OH excluding ortho intramolecular Hbond substituents is 1. The Hall–Kier alpha value is -2.04. The zero-order valence-corrected chi connectivity index (χ0v) is 11.4. The molecule has 0 aromatic heterocycles. The van der Waals surface area contributed by atoms with Gasteiger partial charge in [-0.05, 0) is 24.8 Å². The third kappa shape index (κ3) is 3.73. The van der Waals surface area contributed by atoms with Gasteiger partial charge in [0, 0.05) is 25.1 Å². The Labute approximate surface area is 118 Å². The van der Waals surface area contributed by atoms with E-state index >= 15 is 0 Å². The minimum atomic E-state index is -0.274. The van der Waals surface area contributed by atoms with Gasteiger partial charge in [0.05, 0.1) is 6.42 Å². The monoisotopic (exact) mass is 276 g/mol. The molecule has 5 heteroatoms. The van der Waals surface area contributed by atoms with Crippen LogP contribution in [-0.4, -0.2) is 34.9 Å². The van der Waals surface area contributed by atoms with E-state index in [1.165, 1.54) is 0 Å². The highest BCUT2D eigenvalue weighted by Crippen LogP contribution is 2.22. The fourth-order valence-electron chi connectivity index (χ4n) is 2.61. The van der Waals surface area contributed by atoms with Gasteiger partial charge in [0.25, 0.3) is 0 Å². The van der Waals surface area contributed by atoms with E-state index in [0.29, 0.717) is 31.0 Å². The summed E-state index contributed by atoms with van der Waals surface area (Å²) < 4.78 is 0. The van der Waals surface area contributed by atoms with Crippen LogP contribution in [0.5, 0.6) is 5.75 Å². The van der Waals surface area contributed by atoms with Crippen LogP contribution >= 0.6 is 0 Å². The van der Waals surface area contributed by atoms with Crippen LogP contribution in [0, 0.1) is 5.92 Å². The summed E-state index contributed by atoms with van der Waals surface area (Å²) in [4.78, 5) is 24.8. The van der Waals surface area contributed by atoms with Gasteiger partial charge in [0.1, 0.15) is 5.75 Å². The highest BCUT2D eigenvalue weighted by atomic mass is 16.3. The molecule has 1 aliphatic rings. The molecule has 1 aliphatic heterocycles. The van der Waals surface area contributed by atoms with Crippen molar-refractivity contribution in [2.75, 3.05) is 13.1 Å². The van der Waals surface area contributed by atoms with Gasteiger partial charge >= 0.3 is 0 Å². The molecule has 0 aliphatic carbocycles. The van der Waals surface area contributed by atoms with Gasteiger partial charge in [-0.2, -0.15) is 0 Å². The normalized spacial score (nSPS) is 16.1. The molecule has 0 saturated carbocycles. The number of nitrogens with two attached hydrogens (primary N) is 1. The molecule has 1 aromatic carbocycles. The van der Waals surface area contributed by atoms with Crippen molar-refractivity contribution >= 4 is 11.8 Å².